The topological polar surface area (TPSA) is 65.9 Å². The number of aromatic nitrogens is 1. The molecule has 1 unspecified atom stereocenters. The van der Waals surface area contributed by atoms with Gasteiger partial charge < -0.3 is 10.6 Å². The number of nitrogens with zero attached hydrogens (tertiary/aromatic N) is 3. The van der Waals surface area contributed by atoms with Crippen LogP contribution in [0, 0.1) is 11.3 Å². The van der Waals surface area contributed by atoms with E-state index in [1.807, 2.05) is 12.1 Å². The summed E-state index contributed by atoms with van der Waals surface area (Å²) >= 11 is 0. The molecule has 0 saturated carbocycles. The molecule has 1 aromatic rings. The quantitative estimate of drug-likeness (QED) is 0.778. The van der Waals surface area contributed by atoms with Crippen LogP contribution in [0.2, 0.25) is 0 Å². The van der Waals surface area contributed by atoms with E-state index in [1.165, 1.54) is 19.3 Å². The largest absolute Gasteiger partial charge is 0.396 e. The van der Waals surface area contributed by atoms with Crippen LogP contribution in [0.3, 0.4) is 0 Å². The van der Waals surface area contributed by atoms with Gasteiger partial charge in [0.25, 0.3) is 0 Å². The molecule has 1 atom stereocenters. The van der Waals surface area contributed by atoms with Crippen LogP contribution in [-0.2, 0) is 0 Å². The van der Waals surface area contributed by atoms with Gasteiger partial charge in [-0.2, -0.15) is 5.26 Å². The lowest BCUT2D eigenvalue weighted by molar-refractivity contribution is 0.481. The summed E-state index contributed by atoms with van der Waals surface area (Å²) in [6.07, 6.45) is 3.66. The highest BCUT2D eigenvalue weighted by Crippen LogP contribution is 2.24. The molecule has 16 heavy (non-hydrogen) atoms. The zero-order chi connectivity index (χ0) is 11.5. The lowest BCUT2D eigenvalue weighted by Crippen LogP contribution is -2.38. The second-order valence-corrected chi connectivity index (χ2v) is 4.26. The predicted molar refractivity (Wildman–Crippen MR) is 64.0 cm³/mol. The van der Waals surface area contributed by atoms with Crippen molar-refractivity contribution in [3.05, 3.63) is 17.8 Å². The van der Waals surface area contributed by atoms with Gasteiger partial charge in [-0.1, -0.05) is 0 Å². The van der Waals surface area contributed by atoms with E-state index in [0.717, 1.165) is 12.4 Å². The minimum atomic E-state index is 0.329. The third-order valence-corrected chi connectivity index (χ3v) is 3.11. The molecule has 2 rings (SSSR count). The van der Waals surface area contributed by atoms with Gasteiger partial charge in [0.15, 0.2) is 5.69 Å². The number of nitriles is 1. The third-order valence-electron chi connectivity index (χ3n) is 3.11. The van der Waals surface area contributed by atoms with Gasteiger partial charge in [-0.15, -0.1) is 0 Å². The van der Waals surface area contributed by atoms with Crippen LogP contribution in [0.1, 0.15) is 31.9 Å². The van der Waals surface area contributed by atoms with Crippen LogP contribution in [0.15, 0.2) is 12.1 Å². The summed E-state index contributed by atoms with van der Waals surface area (Å²) in [4.78, 5) is 6.56. The number of hydrogen-bond donors (Lipinski definition) is 1. The molecule has 0 bridgehead atoms. The Hall–Kier alpha value is -1.76. The molecule has 1 aromatic heterocycles. The van der Waals surface area contributed by atoms with Gasteiger partial charge in [0.05, 0.1) is 5.69 Å². The fraction of sp³-hybridized carbons (Fsp3) is 0.500. The van der Waals surface area contributed by atoms with Gasteiger partial charge in [0, 0.05) is 12.6 Å². The van der Waals surface area contributed by atoms with E-state index >= 15 is 0 Å². The number of hydrogen-bond acceptors (Lipinski definition) is 4. The molecule has 0 aromatic carbocycles. The molecule has 84 valence electrons. The molecule has 0 aliphatic carbocycles. The SMILES string of the molecule is CC1CCCCN1c1ccc(N)c(C#N)n1. The molecule has 1 saturated heterocycles. The van der Waals surface area contributed by atoms with Crippen LogP contribution in [0.5, 0.6) is 0 Å². The van der Waals surface area contributed by atoms with Crippen molar-refractivity contribution < 1.29 is 0 Å². The Morgan fingerprint density at radius 1 is 1.50 bits per heavy atom. The van der Waals surface area contributed by atoms with E-state index in [9.17, 15) is 0 Å². The first-order chi connectivity index (χ1) is 7.72. The van der Waals surface area contributed by atoms with E-state index in [0.29, 0.717) is 17.4 Å². The molecule has 2 N–H and O–H groups in total. The highest BCUT2D eigenvalue weighted by molar-refractivity contribution is 5.55. The van der Waals surface area contributed by atoms with E-state index in [4.69, 9.17) is 11.0 Å². The summed E-state index contributed by atoms with van der Waals surface area (Å²) in [5.74, 6) is 0.873. The zero-order valence-electron chi connectivity index (χ0n) is 9.48. The maximum absolute atomic E-state index is 8.90. The molecule has 1 fully saturated rings. The first kappa shape index (κ1) is 10.7. The Balaban J connectivity index is 2.29. The van der Waals surface area contributed by atoms with Gasteiger partial charge >= 0.3 is 0 Å². The third kappa shape index (κ3) is 1.94. The maximum Gasteiger partial charge on any atom is 0.165 e. The second kappa shape index (κ2) is 4.40. The van der Waals surface area contributed by atoms with Crippen molar-refractivity contribution in [3.8, 4) is 6.07 Å². The predicted octanol–water partition coefficient (Wildman–Crippen LogP) is 1.91. The van der Waals surface area contributed by atoms with Crippen molar-refractivity contribution in [1.82, 2.24) is 4.98 Å². The maximum atomic E-state index is 8.90. The highest BCUT2D eigenvalue weighted by atomic mass is 15.2. The lowest BCUT2D eigenvalue weighted by Gasteiger charge is -2.34. The normalized spacial score (nSPS) is 20.5. The van der Waals surface area contributed by atoms with Gasteiger partial charge in [0.2, 0.25) is 0 Å². The Labute approximate surface area is 95.7 Å². The van der Waals surface area contributed by atoms with E-state index < -0.39 is 0 Å². The van der Waals surface area contributed by atoms with Crippen molar-refractivity contribution in [1.29, 1.82) is 5.26 Å². The number of piperidine rings is 1. The van der Waals surface area contributed by atoms with Crippen LogP contribution in [-0.4, -0.2) is 17.6 Å². The summed E-state index contributed by atoms with van der Waals surface area (Å²) < 4.78 is 0. The Morgan fingerprint density at radius 2 is 2.31 bits per heavy atom. The average molecular weight is 216 g/mol. The Bertz CT molecular complexity index is 422. The van der Waals surface area contributed by atoms with Crippen LogP contribution < -0.4 is 10.6 Å². The molecule has 0 amide bonds. The van der Waals surface area contributed by atoms with Crippen molar-refractivity contribution in [2.24, 2.45) is 0 Å². The molecule has 4 heteroatoms. The second-order valence-electron chi connectivity index (χ2n) is 4.26. The summed E-state index contributed by atoms with van der Waals surface area (Å²) in [7, 11) is 0. The van der Waals surface area contributed by atoms with Gasteiger partial charge in [-0.25, -0.2) is 4.98 Å². The molecular weight excluding hydrogens is 200 g/mol. The average Bonchev–Trinajstić information content (AvgIpc) is 2.31. The van der Waals surface area contributed by atoms with Crippen LogP contribution in [0.4, 0.5) is 11.5 Å². The summed E-state index contributed by atoms with van der Waals surface area (Å²) in [5, 5.41) is 8.90. The minimum Gasteiger partial charge on any atom is -0.396 e. The molecular formula is C12H16N4. The summed E-state index contributed by atoms with van der Waals surface area (Å²) in [6, 6.07) is 6.19. The Morgan fingerprint density at radius 3 is 3.00 bits per heavy atom. The molecule has 0 spiro atoms. The van der Waals surface area contributed by atoms with Gasteiger partial charge in [0.1, 0.15) is 11.9 Å². The number of nitrogens with two attached hydrogens (primary N) is 1. The number of pyridine rings is 1. The van der Waals surface area contributed by atoms with Crippen molar-refractivity contribution >= 4 is 11.5 Å². The molecule has 1 aliphatic rings. The lowest BCUT2D eigenvalue weighted by atomic mass is 10.0. The fourth-order valence-corrected chi connectivity index (χ4v) is 2.15. The minimum absolute atomic E-state index is 0.329. The fourth-order valence-electron chi connectivity index (χ4n) is 2.15. The van der Waals surface area contributed by atoms with Crippen molar-refractivity contribution in [3.63, 3.8) is 0 Å². The Kier molecular flexibility index (Phi) is 2.95. The smallest absolute Gasteiger partial charge is 0.165 e. The molecule has 2 heterocycles. The van der Waals surface area contributed by atoms with E-state index in [1.54, 1.807) is 6.07 Å². The highest BCUT2D eigenvalue weighted by Gasteiger charge is 2.20. The molecule has 0 radical (unpaired) electrons. The number of rotatable bonds is 1. The molecule has 4 nitrogen and oxygen atoms in total. The van der Waals surface area contributed by atoms with E-state index in [-0.39, 0.29) is 0 Å². The van der Waals surface area contributed by atoms with Crippen LogP contribution in [0.25, 0.3) is 0 Å². The summed E-state index contributed by atoms with van der Waals surface area (Å²) in [6.45, 7) is 3.21. The summed E-state index contributed by atoms with van der Waals surface area (Å²) in [5.41, 5.74) is 6.44. The number of anilines is 2. The van der Waals surface area contributed by atoms with Crippen molar-refractivity contribution in [2.45, 2.75) is 32.2 Å². The zero-order valence-corrected chi connectivity index (χ0v) is 9.48. The molecule has 1 aliphatic heterocycles. The first-order valence-corrected chi connectivity index (χ1v) is 5.65. The van der Waals surface area contributed by atoms with Crippen LogP contribution >= 0.6 is 0 Å². The van der Waals surface area contributed by atoms with Gasteiger partial charge in [-0.05, 0) is 38.3 Å². The first-order valence-electron chi connectivity index (χ1n) is 5.65. The number of nitrogen functional groups attached to an aromatic ring is 1. The standard InChI is InChI=1S/C12H16N4/c1-9-4-2-3-7-16(9)12-6-5-10(14)11(8-13)15-12/h5-6,9H,2-4,7,14H2,1H3. The van der Waals surface area contributed by atoms with Gasteiger partial charge in [-0.3, -0.25) is 0 Å². The van der Waals surface area contributed by atoms with E-state index in [2.05, 4.69) is 16.8 Å². The van der Waals surface area contributed by atoms with Crippen molar-refractivity contribution in [2.75, 3.05) is 17.2 Å². The monoisotopic (exact) mass is 216 g/mol.